The number of benzene rings is 2. The largest absolute Gasteiger partial charge is 0.496 e. The fraction of sp³-hybridized carbons (Fsp3) is 0.143. The molecule has 0 bridgehead atoms. The van der Waals surface area contributed by atoms with Gasteiger partial charge in [0.15, 0.2) is 11.0 Å². The number of ether oxygens (including phenoxy) is 3. The lowest BCUT2D eigenvalue weighted by Gasteiger charge is -2.15. The molecule has 2 aromatic carbocycles. The number of fused-ring (bicyclic) bond motifs is 3. The number of aromatic nitrogens is 1. The highest BCUT2D eigenvalue weighted by Crippen LogP contribution is 2.43. The maximum absolute atomic E-state index is 13.6. The summed E-state index contributed by atoms with van der Waals surface area (Å²) in [7, 11) is 4.57. The van der Waals surface area contributed by atoms with Crippen molar-refractivity contribution in [3.05, 3.63) is 58.8 Å². The number of methoxy groups -OCH3 is 3. The third-order valence-corrected chi connectivity index (χ3v) is 4.53. The Balaban J connectivity index is 2.19. The fourth-order valence-electron chi connectivity index (χ4n) is 3.26. The molecule has 2 heterocycles. The maximum Gasteiger partial charge on any atom is 0.213 e. The van der Waals surface area contributed by atoms with Gasteiger partial charge in [0.1, 0.15) is 23.0 Å². The maximum atomic E-state index is 13.6. The van der Waals surface area contributed by atoms with E-state index in [2.05, 4.69) is 4.98 Å². The first-order valence-corrected chi connectivity index (χ1v) is 8.39. The van der Waals surface area contributed by atoms with Crippen molar-refractivity contribution in [1.29, 1.82) is 0 Å². The van der Waals surface area contributed by atoms with E-state index in [0.29, 0.717) is 44.6 Å². The summed E-state index contributed by atoms with van der Waals surface area (Å²) in [6, 6.07) is 9.15. The summed E-state index contributed by atoms with van der Waals surface area (Å²) in [6.07, 6.45) is 1.31. The molecule has 0 saturated carbocycles. The molecule has 142 valence electrons. The quantitative estimate of drug-likeness (QED) is 0.390. The van der Waals surface area contributed by atoms with Crippen molar-refractivity contribution in [1.82, 2.24) is 4.98 Å². The molecule has 2 aromatic heterocycles. The number of rotatable bonds is 4. The summed E-state index contributed by atoms with van der Waals surface area (Å²) in [5, 5.41) is 1.46. The first-order valence-electron chi connectivity index (χ1n) is 8.39. The predicted octanol–water partition coefficient (Wildman–Crippen LogP) is 4.17. The Morgan fingerprint density at radius 3 is 2.21 bits per heavy atom. The number of hydrogen-bond acceptors (Lipinski definition) is 6. The van der Waals surface area contributed by atoms with Crippen molar-refractivity contribution in [2.24, 2.45) is 0 Å². The highest BCUT2D eigenvalue weighted by atomic mass is 19.1. The number of nitrogens with zero attached hydrogens (tertiary/aromatic N) is 1. The first kappa shape index (κ1) is 17.8. The van der Waals surface area contributed by atoms with Gasteiger partial charge in [-0.25, -0.2) is 4.98 Å². The SMILES string of the molecule is COc1ccc(OC)c2c1c(OC)cc1c(=O)cc(-c3ccnc(F)c3)oc12. The Hall–Kier alpha value is -3.61. The Kier molecular flexibility index (Phi) is 4.35. The minimum atomic E-state index is -0.668. The molecule has 4 rings (SSSR count). The predicted molar refractivity (Wildman–Crippen MR) is 103 cm³/mol. The summed E-state index contributed by atoms with van der Waals surface area (Å²) < 4.78 is 36.1. The third kappa shape index (κ3) is 2.72. The van der Waals surface area contributed by atoms with E-state index in [1.54, 1.807) is 24.3 Å². The molecule has 0 aliphatic heterocycles. The highest BCUT2D eigenvalue weighted by Gasteiger charge is 2.20. The molecule has 6 nitrogen and oxygen atoms in total. The molecule has 0 atom stereocenters. The Morgan fingerprint density at radius 2 is 1.57 bits per heavy atom. The second kappa shape index (κ2) is 6.84. The normalized spacial score (nSPS) is 11.0. The molecular weight excluding hydrogens is 365 g/mol. The number of pyridine rings is 1. The van der Waals surface area contributed by atoms with E-state index in [4.69, 9.17) is 18.6 Å². The van der Waals surface area contributed by atoms with Crippen LogP contribution >= 0.6 is 0 Å². The van der Waals surface area contributed by atoms with Gasteiger partial charge in [-0.2, -0.15) is 4.39 Å². The van der Waals surface area contributed by atoms with Crippen LogP contribution in [0.2, 0.25) is 0 Å². The molecule has 4 aromatic rings. The minimum Gasteiger partial charge on any atom is -0.496 e. The Labute approximate surface area is 159 Å². The van der Waals surface area contributed by atoms with Gasteiger partial charge in [0.2, 0.25) is 5.95 Å². The summed E-state index contributed by atoms with van der Waals surface area (Å²) in [6.45, 7) is 0. The second-order valence-electron chi connectivity index (χ2n) is 6.02. The molecular formula is C21H16FNO5. The lowest BCUT2D eigenvalue weighted by molar-refractivity contribution is 0.400. The van der Waals surface area contributed by atoms with Crippen LogP contribution in [0.4, 0.5) is 4.39 Å². The molecule has 0 unspecified atom stereocenters. The first-order chi connectivity index (χ1) is 13.6. The van der Waals surface area contributed by atoms with Gasteiger partial charge in [0.05, 0.1) is 37.5 Å². The average molecular weight is 381 g/mol. The van der Waals surface area contributed by atoms with Crippen molar-refractivity contribution in [2.75, 3.05) is 21.3 Å². The van der Waals surface area contributed by atoms with Crippen LogP contribution in [-0.2, 0) is 0 Å². The second-order valence-corrected chi connectivity index (χ2v) is 6.02. The van der Waals surface area contributed by atoms with Crippen LogP contribution in [0.15, 0.2) is 51.8 Å². The molecule has 0 saturated heterocycles. The monoisotopic (exact) mass is 381 g/mol. The zero-order valence-electron chi connectivity index (χ0n) is 15.4. The number of halogens is 1. The third-order valence-electron chi connectivity index (χ3n) is 4.53. The van der Waals surface area contributed by atoms with Crippen molar-refractivity contribution in [2.45, 2.75) is 0 Å². The lowest BCUT2D eigenvalue weighted by atomic mass is 10.0. The van der Waals surface area contributed by atoms with Crippen LogP contribution in [-0.4, -0.2) is 26.3 Å². The van der Waals surface area contributed by atoms with E-state index in [1.807, 2.05) is 0 Å². The van der Waals surface area contributed by atoms with Crippen molar-refractivity contribution in [3.8, 4) is 28.6 Å². The molecule has 0 aliphatic rings. The van der Waals surface area contributed by atoms with Crippen LogP contribution in [0.25, 0.3) is 33.1 Å². The van der Waals surface area contributed by atoms with E-state index in [1.165, 1.54) is 39.7 Å². The summed E-state index contributed by atoms with van der Waals surface area (Å²) in [5.41, 5.74) is 0.405. The zero-order valence-corrected chi connectivity index (χ0v) is 15.4. The van der Waals surface area contributed by atoms with E-state index in [0.717, 1.165) is 0 Å². The van der Waals surface area contributed by atoms with E-state index < -0.39 is 5.95 Å². The van der Waals surface area contributed by atoms with Crippen LogP contribution in [0.1, 0.15) is 0 Å². The van der Waals surface area contributed by atoms with Gasteiger partial charge in [0, 0.05) is 23.9 Å². The van der Waals surface area contributed by atoms with Gasteiger partial charge in [0.25, 0.3) is 0 Å². The molecule has 7 heteroatoms. The van der Waals surface area contributed by atoms with Gasteiger partial charge in [-0.1, -0.05) is 0 Å². The molecule has 0 fully saturated rings. The summed E-state index contributed by atoms with van der Waals surface area (Å²) >= 11 is 0. The standard InChI is InChI=1S/C21H16FNO5/c1-25-14-4-5-15(26-2)20-19(14)17(27-3)9-12-13(24)10-16(28-21(12)20)11-6-7-23-18(22)8-11/h4-10H,1-3H3. The van der Waals surface area contributed by atoms with Crippen molar-refractivity contribution < 1.29 is 23.0 Å². The van der Waals surface area contributed by atoms with E-state index in [9.17, 15) is 9.18 Å². The van der Waals surface area contributed by atoms with Gasteiger partial charge < -0.3 is 18.6 Å². The van der Waals surface area contributed by atoms with Crippen LogP contribution in [0, 0.1) is 5.95 Å². The van der Waals surface area contributed by atoms with Crippen LogP contribution in [0.5, 0.6) is 17.2 Å². The average Bonchev–Trinajstić information content (AvgIpc) is 2.72. The Bertz CT molecular complexity index is 1270. The van der Waals surface area contributed by atoms with Crippen LogP contribution < -0.4 is 19.6 Å². The number of hydrogen-bond donors (Lipinski definition) is 0. The molecule has 0 amide bonds. The Morgan fingerprint density at radius 1 is 0.893 bits per heavy atom. The summed E-state index contributed by atoms with van der Waals surface area (Å²) in [5.74, 6) is 1.03. The van der Waals surface area contributed by atoms with Gasteiger partial charge in [-0.3, -0.25) is 4.79 Å². The van der Waals surface area contributed by atoms with E-state index >= 15 is 0 Å². The fourth-order valence-corrected chi connectivity index (χ4v) is 3.26. The zero-order chi connectivity index (χ0) is 19.8. The highest BCUT2D eigenvalue weighted by molar-refractivity contribution is 6.13. The molecule has 0 N–H and O–H groups in total. The van der Waals surface area contributed by atoms with Crippen LogP contribution in [0.3, 0.4) is 0 Å². The van der Waals surface area contributed by atoms with Gasteiger partial charge in [-0.05, 0) is 24.3 Å². The molecule has 0 radical (unpaired) electrons. The van der Waals surface area contributed by atoms with E-state index in [-0.39, 0.29) is 11.2 Å². The van der Waals surface area contributed by atoms with Crippen molar-refractivity contribution in [3.63, 3.8) is 0 Å². The lowest BCUT2D eigenvalue weighted by Crippen LogP contribution is -2.03. The van der Waals surface area contributed by atoms with Crippen molar-refractivity contribution >= 4 is 21.7 Å². The van der Waals surface area contributed by atoms with Gasteiger partial charge in [-0.15, -0.1) is 0 Å². The molecule has 0 aliphatic carbocycles. The topological polar surface area (TPSA) is 70.8 Å². The summed E-state index contributed by atoms with van der Waals surface area (Å²) in [4.78, 5) is 16.4. The smallest absolute Gasteiger partial charge is 0.213 e. The van der Waals surface area contributed by atoms with Gasteiger partial charge >= 0.3 is 0 Å². The molecule has 28 heavy (non-hydrogen) atoms. The molecule has 0 spiro atoms. The minimum absolute atomic E-state index is 0.218.